The van der Waals surface area contributed by atoms with Gasteiger partial charge in [-0.25, -0.2) is 4.98 Å². The normalized spacial score (nSPS) is 13.4. The molecule has 50 heavy (non-hydrogen) atoms. The van der Waals surface area contributed by atoms with Crippen molar-refractivity contribution >= 4 is 39.7 Å². The van der Waals surface area contributed by atoms with Crippen molar-refractivity contribution in [2.24, 2.45) is 5.92 Å². The molecule has 0 amide bonds. The Labute approximate surface area is 312 Å². The first-order chi connectivity index (χ1) is 23.8. The van der Waals surface area contributed by atoms with Gasteiger partial charge in [0.05, 0.1) is 11.3 Å². The first-order valence-electron chi connectivity index (χ1n) is 17.5. The summed E-state index contributed by atoms with van der Waals surface area (Å²) < 4.78 is 7.75. The predicted octanol–water partition coefficient (Wildman–Crippen LogP) is 11.0. The third-order valence-corrected chi connectivity index (χ3v) is 13.9. The summed E-state index contributed by atoms with van der Waals surface area (Å²) >= 11 is -1.89. The number of benzene rings is 3. The third-order valence-electron chi connectivity index (χ3n) is 9.56. The third kappa shape index (κ3) is 8.18. The number of nitrogens with zero attached hydrogens (tertiary/aromatic N) is 3. The smallest absolute Gasteiger partial charge is 0 e. The Morgan fingerprint density at radius 1 is 0.760 bits per heavy atom. The van der Waals surface area contributed by atoms with E-state index < -0.39 is 13.3 Å². The maximum Gasteiger partial charge on any atom is 0 e. The number of rotatable bonds is 6. The summed E-state index contributed by atoms with van der Waals surface area (Å²) in [6, 6.07) is 39.3. The van der Waals surface area contributed by atoms with Gasteiger partial charge >= 0.3 is 144 Å². The Hall–Kier alpha value is -3.90. The molecule has 7 aromatic rings. The Balaban J connectivity index is 0.000000171. The minimum atomic E-state index is -1.89. The van der Waals surface area contributed by atoms with Crippen LogP contribution in [0.1, 0.15) is 43.2 Å². The molecule has 4 heterocycles. The maximum absolute atomic E-state index is 6.16. The minimum absolute atomic E-state index is 0. The molecule has 0 unspecified atom stereocenters. The van der Waals surface area contributed by atoms with Crippen LogP contribution in [0.15, 0.2) is 114 Å². The average molecular weight is 895 g/mol. The van der Waals surface area contributed by atoms with Crippen LogP contribution >= 0.6 is 0 Å². The number of pyridine rings is 3. The van der Waals surface area contributed by atoms with E-state index in [1.165, 1.54) is 38.5 Å². The van der Waals surface area contributed by atoms with E-state index in [-0.39, 0.29) is 20.1 Å². The molecule has 0 atom stereocenters. The van der Waals surface area contributed by atoms with E-state index in [0.717, 1.165) is 61.6 Å². The molecule has 0 N–H and O–H groups in total. The van der Waals surface area contributed by atoms with E-state index in [1.54, 1.807) is 9.96 Å². The van der Waals surface area contributed by atoms with E-state index in [1.807, 2.05) is 79.0 Å². The van der Waals surface area contributed by atoms with E-state index in [9.17, 15) is 0 Å². The van der Waals surface area contributed by atoms with E-state index in [4.69, 9.17) is 14.4 Å². The van der Waals surface area contributed by atoms with Gasteiger partial charge in [-0.1, -0.05) is 52.9 Å². The summed E-state index contributed by atoms with van der Waals surface area (Å²) in [6.45, 7) is 2.05. The average Bonchev–Trinajstić information content (AvgIpc) is 3.51. The van der Waals surface area contributed by atoms with Crippen molar-refractivity contribution in [3.05, 3.63) is 133 Å². The fourth-order valence-corrected chi connectivity index (χ4v) is 10.3. The molecule has 1 aliphatic carbocycles. The van der Waals surface area contributed by atoms with Gasteiger partial charge in [-0.05, 0) is 30.8 Å². The van der Waals surface area contributed by atoms with Crippen molar-refractivity contribution in [2.75, 3.05) is 0 Å². The fourth-order valence-electron chi connectivity index (χ4n) is 7.00. The summed E-state index contributed by atoms with van der Waals surface area (Å²) in [5.41, 5.74) is 10.0. The zero-order valence-corrected chi connectivity index (χ0v) is 33.8. The monoisotopic (exact) mass is 896 g/mol. The van der Waals surface area contributed by atoms with Crippen molar-refractivity contribution in [3.63, 3.8) is 0 Å². The number of hydrogen-bond acceptors (Lipinski definition) is 4. The van der Waals surface area contributed by atoms with Crippen molar-refractivity contribution in [2.45, 2.75) is 62.7 Å². The summed E-state index contributed by atoms with van der Waals surface area (Å²) in [4.78, 5) is 14.0. The zero-order valence-electron chi connectivity index (χ0n) is 29.3. The molecule has 8 rings (SSSR count). The van der Waals surface area contributed by atoms with Gasteiger partial charge in [0.25, 0.3) is 0 Å². The predicted molar refractivity (Wildman–Crippen MR) is 206 cm³/mol. The largest absolute Gasteiger partial charge is 0 e. The van der Waals surface area contributed by atoms with Crippen molar-refractivity contribution in [1.29, 1.82) is 0 Å². The minimum Gasteiger partial charge on any atom is 0 e. The van der Waals surface area contributed by atoms with Crippen LogP contribution < -0.4 is 4.40 Å². The Morgan fingerprint density at radius 2 is 1.56 bits per heavy atom. The fraction of sp³-hybridized carbons (Fsp3) is 0.250. The van der Waals surface area contributed by atoms with Crippen LogP contribution in [0.3, 0.4) is 0 Å². The molecule has 0 aliphatic heterocycles. The molecular formula is C44H43GeIrN3O-2. The SMILES string of the molecule is Cc1ccnc(-c2[c-]ccc3c2oc2nc(-c4ccccc4)ccc23)c1.[CH3][Ge]([CH3])([CH3])[c]1cnc(-c2[c-]cccc2)cc1CC1CCCCC1.[Ir]. The molecule has 3 aromatic carbocycles. The maximum atomic E-state index is 6.16. The van der Waals surface area contributed by atoms with Crippen LogP contribution in [0, 0.1) is 25.0 Å². The molecule has 1 saturated carbocycles. The zero-order chi connectivity index (χ0) is 33.8. The van der Waals surface area contributed by atoms with Crippen LogP contribution in [0.2, 0.25) is 17.3 Å². The molecule has 0 spiro atoms. The van der Waals surface area contributed by atoms with Crippen LogP contribution in [-0.2, 0) is 26.5 Å². The molecule has 6 heteroatoms. The molecule has 1 radical (unpaired) electrons. The second kappa shape index (κ2) is 16.0. The van der Waals surface area contributed by atoms with Crippen LogP contribution in [0.25, 0.3) is 55.8 Å². The van der Waals surface area contributed by atoms with Crippen molar-refractivity contribution < 1.29 is 24.5 Å². The van der Waals surface area contributed by atoms with Crippen molar-refractivity contribution in [3.8, 4) is 33.8 Å². The Morgan fingerprint density at radius 3 is 2.30 bits per heavy atom. The molecule has 1 fully saturated rings. The first-order valence-corrected chi connectivity index (χ1v) is 24.9. The molecule has 1 aliphatic rings. The van der Waals surface area contributed by atoms with E-state index in [2.05, 4.69) is 71.8 Å². The van der Waals surface area contributed by atoms with Gasteiger partial charge in [-0.3, -0.25) is 0 Å². The number of furan rings is 1. The quantitative estimate of drug-likeness (QED) is 0.123. The summed E-state index contributed by atoms with van der Waals surface area (Å²) in [6.07, 6.45) is 12.3. The molecule has 0 saturated heterocycles. The topological polar surface area (TPSA) is 51.8 Å². The van der Waals surface area contributed by atoms with Crippen LogP contribution in [0.5, 0.6) is 0 Å². The van der Waals surface area contributed by atoms with E-state index >= 15 is 0 Å². The van der Waals surface area contributed by atoms with Gasteiger partial charge in [0.15, 0.2) is 0 Å². The molecule has 4 aromatic heterocycles. The summed E-state index contributed by atoms with van der Waals surface area (Å²) in [7, 11) is 0. The first kappa shape index (κ1) is 35.9. The molecule has 0 bridgehead atoms. The van der Waals surface area contributed by atoms with Gasteiger partial charge in [-0.2, -0.15) is 0 Å². The standard InChI is InChI=1S/C23H15N2O.C21H28GeN.Ir/c1-15-12-13-24-21(14-15)19-9-5-8-17-18-10-11-20(16-6-3-2-4-7-16)25-23(18)26-22(17)19;1-22(2,3)20-16-23-21(18-12-8-5-9-13-18)15-19(20)14-17-10-6-4-7-11-17;/h2-8,10-14H,1H3;5,8-9,12,15-17H,4,6-7,10-11,14H2,1-3H3;/q2*-1;. The Kier molecular flexibility index (Phi) is 11.5. The van der Waals surface area contributed by atoms with Crippen LogP contribution in [0.4, 0.5) is 0 Å². The molecular weight excluding hydrogens is 851 g/mol. The second-order valence-corrected chi connectivity index (χ2v) is 24.9. The van der Waals surface area contributed by atoms with Crippen LogP contribution in [-0.4, -0.2) is 28.2 Å². The second-order valence-electron chi connectivity index (χ2n) is 14.3. The summed E-state index contributed by atoms with van der Waals surface area (Å²) in [5, 5.41) is 2.03. The van der Waals surface area contributed by atoms with Gasteiger partial charge < -0.3 is 9.40 Å². The summed E-state index contributed by atoms with van der Waals surface area (Å²) in [5.74, 6) is 8.32. The van der Waals surface area contributed by atoms with Gasteiger partial charge in [-0.15, -0.1) is 18.2 Å². The van der Waals surface area contributed by atoms with Gasteiger partial charge in [0.2, 0.25) is 5.71 Å². The number of aryl methyl sites for hydroxylation is 1. The Bertz CT molecular complexity index is 2190. The number of fused-ring (bicyclic) bond motifs is 3. The molecule has 255 valence electrons. The van der Waals surface area contributed by atoms with Crippen molar-refractivity contribution in [1.82, 2.24) is 15.0 Å². The number of hydrogen-bond donors (Lipinski definition) is 0. The number of aromatic nitrogens is 3. The van der Waals surface area contributed by atoms with E-state index in [0.29, 0.717) is 5.71 Å². The molecule has 4 nitrogen and oxygen atoms in total. The van der Waals surface area contributed by atoms with Gasteiger partial charge in [0, 0.05) is 37.3 Å². The van der Waals surface area contributed by atoms with Gasteiger partial charge in [0.1, 0.15) is 0 Å².